The van der Waals surface area contributed by atoms with E-state index in [1.54, 1.807) is 4.90 Å². The van der Waals surface area contributed by atoms with Gasteiger partial charge in [0.15, 0.2) is 8.32 Å². The Balaban J connectivity index is 1.93. The number of carbonyl (C=O) groups is 2. The molecule has 1 aliphatic rings. The molecule has 2 aromatic rings. The smallest absolute Gasteiger partial charge is 0.410 e. The maximum absolute atomic E-state index is 13.7. The number of esters is 1. The molecule has 0 unspecified atom stereocenters. The molecular formula is C29H41NO6Si. The van der Waals surface area contributed by atoms with Gasteiger partial charge >= 0.3 is 12.1 Å². The summed E-state index contributed by atoms with van der Waals surface area (Å²) in [6.07, 6.45) is -0.589. The first kappa shape index (κ1) is 28.9. The van der Waals surface area contributed by atoms with Crippen molar-refractivity contribution in [2.24, 2.45) is 0 Å². The van der Waals surface area contributed by atoms with Crippen molar-refractivity contribution >= 4 is 20.4 Å². The van der Waals surface area contributed by atoms with Gasteiger partial charge in [-0.25, -0.2) is 4.79 Å². The lowest BCUT2D eigenvalue weighted by Gasteiger charge is -2.41. The fraction of sp³-hybridized carbons (Fsp3) is 0.517. The van der Waals surface area contributed by atoms with Gasteiger partial charge in [-0.3, -0.25) is 9.69 Å². The van der Waals surface area contributed by atoms with E-state index in [2.05, 4.69) is 33.9 Å². The van der Waals surface area contributed by atoms with E-state index in [9.17, 15) is 9.59 Å². The second kappa shape index (κ2) is 12.7. The highest BCUT2D eigenvalue weighted by Gasteiger charge is 2.42. The van der Waals surface area contributed by atoms with Crippen LogP contribution in [0.15, 0.2) is 60.7 Å². The zero-order valence-corrected chi connectivity index (χ0v) is 23.9. The summed E-state index contributed by atoms with van der Waals surface area (Å²) in [6, 6.07) is 18.8. The lowest BCUT2D eigenvalue weighted by atomic mass is 10.0. The predicted molar refractivity (Wildman–Crippen MR) is 145 cm³/mol. The SMILES string of the molecule is CC(=O)O[C@@H](C[C@H]1CO1)[C@@H](CO[Si](C)(C)C(C)(C)C)N(Cc1ccccc1)C(=O)OCc1ccccc1. The Morgan fingerprint density at radius 3 is 2.11 bits per heavy atom. The average molecular weight is 528 g/mol. The van der Waals surface area contributed by atoms with Gasteiger partial charge < -0.3 is 18.6 Å². The fourth-order valence-electron chi connectivity index (χ4n) is 3.77. The normalized spacial score (nSPS) is 17.0. The molecule has 0 spiro atoms. The molecule has 8 heteroatoms. The van der Waals surface area contributed by atoms with Gasteiger partial charge in [-0.05, 0) is 29.3 Å². The Morgan fingerprint density at radius 1 is 1.03 bits per heavy atom. The second-order valence-corrected chi connectivity index (χ2v) is 15.9. The summed E-state index contributed by atoms with van der Waals surface area (Å²) >= 11 is 0. The number of benzene rings is 2. The van der Waals surface area contributed by atoms with E-state index in [1.165, 1.54) is 6.92 Å². The van der Waals surface area contributed by atoms with Gasteiger partial charge in [-0.1, -0.05) is 81.4 Å². The monoisotopic (exact) mass is 527 g/mol. The van der Waals surface area contributed by atoms with E-state index < -0.39 is 32.5 Å². The van der Waals surface area contributed by atoms with Gasteiger partial charge in [-0.2, -0.15) is 0 Å². The number of rotatable bonds is 12. The molecule has 1 saturated heterocycles. The van der Waals surface area contributed by atoms with Gasteiger partial charge in [0.1, 0.15) is 12.7 Å². The molecule has 1 aliphatic heterocycles. The Labute approximate surface area is 222 Å². The maximum atomic E-state index is 13.7. The van der Waals surface area contributed by atoms with Crippen LogP contribution >= 0.6 is 0 Å². The highest BCUT2D eigenvalue weighted by atomic mass is 28.4. The quantitative estimate of drug-likeness (QED) is 0.193. The minimum atomic E-state index is -2.17. The summed E-state index contributed by atoms with van der Waals surface area (Å²) in [6.45, 7) is 13.5. The molecule has 0 radical (unpaired) electrons. The topological polar surface area (TPSA) is 77.6 Å². The first-order valence-electron chi connectivity index (χ1n) is 12.9. The van der Waals surface area contributed by atoms with Gasteiger partial charge in [0.25, 0.3) is 0 Å². The highest BCUT2D eigenvalue weighted by molar-refractivity contribution is 6.74. The molecule has 37 heavy (non-hydrogen) atoms. The predicted octanol–water partition coefficient (Wildman–Crippen LogP) is 5.94. The number of nitrogens with zero attached hydrogens (tertiary/aromatic N) is 1. The number of hydrogen-bond acceptors (Lipinski definition) is 6. The fourth-order valence-corrected chi connectivity index (χ4v) is 4.79. The van der Waals surface area contributed by atoms with Crippen molar-refractivity contribution in [2.75, 3.05) is 13.2 Å². The van der Waals surface area contributed by atoms with E-state index in [-0.39, 0.29) is 24.4 Å². The summed E-state index contributed by atoms with van der Waals surface area (Å²) in [5.41, 5.74) is 1.84. The molecule has 0 aromatic heterocycles. The number of ether oxygens (including phenoxy) is 3. The number of carbonyl (C=O) groups excluding carboxylic acids is 2. The molecule has 1 heterocycles. The molecule has 3 rings (SSSR count). The number of hydrogen-bond donors (Lipinski definition) is 0. The molecule has 0 aliphatic carbocycles. The Morgan fingerprint density at radius 2 is 1.59 bits per heavy atom. The zero-order valence-electron chi connectivity index (χ0n) is 22.9. The standard InChI is InChI=1S/C29H41NO6Si/c1-22(31)36-27(17-25-20-33-25)26(21-35-37(5,6)29(2,3)4)30(18-23-13-9-7-10-14-23)28(32)34-19-24-15-11-8-12-16-24/h7-16,25-27H,17-21H2,1-6H3/t25-,26+,27-/m0/s1. The van der Waals surface area contributed by atoms with Gasteiger partial charge in [0.2, 0.25) is 0 Å². The van der Waals surface area contributed by atoms with Crippen molar-refractivity contribution in [1.29, 1.82) is 0 Å². The van der Waals surface area contributed by atoms with Crippen LogP contribution in [0.25, 0.3) is 0 Å². The molecule has 1 amide bonds. The minimum Gasteiger partial charge on any atom is -0.460 e. The van der Waals surface area contributed by atoms with Crippen molar-refractivity contribution < 1.29 is 28.2 Å². The minimum absolute atomic E-state index is 0.00126. The van der Waals surface area contributed by atoms with Crippen LogP contribution in [0.2, 0.25) is 18.1 Å². The molecule has 1 fully saturated rings. The first-order valence-corrected chi connectivity index (χ1v) is 15.8. The van der Waals surface area contributed by atoms with Gasteiger partial charge in [-0.15, -0.1) is 0 Å². The van der Waals surface area contributed by atoms with E-state index in [4.69, 9.17) is 18.6 Å². The lowest BCUT2D eigenvalue weighted by Crippen LogP contribution is -2.53. The summed E-state index contributed by atoms with van der Waals surface area (Å²) in [5, 5.41) is -0.0217. The van der Waals surface area contributed by atoms with Crippen LogP contribution in [0.5, 0.6) is 0 Å². The van der Waals surface area contributed by atoms with E-state index in [0.717, 1.165) is 11.1 Å². The second-order valence-electron chi connectivity index (χ2n) is 11.1. The van der Waals surface area contributed by atoms with Crippen LogP contribution in [0.1, 0.15) is 45.2 Å². The molecule has 0 N–H and O–H groups in total. The van der Waals surface area contributed by atoms with Crippen molar-refractivity contribution in [1.82, 2.24) is 4.90 Å². The average Bonchev–Trinajstić information content (AvgIpc) is 3.66. The molecule has 202 valence electrons. The van der Waals surface area contributed by atoms with E-state index in [0.29, 0.717) is 19.6 Å². The van der Waals surface area contributed by atoms with Crippen LogP contribution in [-0.4, -0.2) is 56.7 Å². The summed E-state index contributed by atoms with van der Waals surface area (Å²) in [4.78, 5) is 27.5. The summed E-state index contributed by atoms with van der Waals surface area (Å²) < 4.78 is 23.7. The van der Waals surface area contributed by atoms with Crippen molar-refractivity contribution in [3.05, 3.63) is 71.8 Å². The molecule has 2 aromatic carbocycles. The van der Waals surface area contributed by atoms with E-state index in [1.807, 2.05) is 60.7 Å². The van der Waals surface area contributed by atoms with Crippen molar-refractivity contribution in [2.45, 2.75) is 83.6 Å². The van der Waals surface area contributed by atoms with Crippen LogP contribution in [0, 0.1) is 0 Å². The third-order valence-electron chi connectivity index (χ3n) is 7.10. The van der Waals surface area contributed by atoms with Crippen molar-refractivity contribution in [3.8, 4) is 0 Å². The Bertz CT molecular complexity index is 1000. The molecule has 0 saturated carbocycles. The number of epoxide rings is 1. The largest absolute Gasteiger partial charge is 0.460 e. The van der Waals surface area contributed by atoms with Crippen molar-refractivity contribution in [3.63, 3.8) is 0 Å². The third kappa shape index (κ3) is 8.98. The molecular weight excluding hydrogens is 486 g/mol. The van der Waals surface area contributed by atoms with E-state index >= 15 is 0 Å². The first-order chi connectivity index (χ1) is 17.5. The van der Waals surface area contributed by atoms with Gasteiger partial charge in [0, 0.05) is 19.9 Å². The Hall–Kier alpha value is -2.68. The van der Waals surface area contributed by atoms with Crippen LogP contribution in [0.4, 0.5) is 4.79 Å². The Kier molecular flexibility index (Phi) is 9.92. The van der Waals surface area contributed by atoms with Crippen LogP contribution in [0.3, 0.4) is 0 Å². The maximum Gasteiger partial charge on any atom is 0.410 e. The van der Waals surface area contributed by atoms with Crippen LogP contribution < -0.4 is 0 Å². The molecule has 3 atom stereocenters. The van der Waals surface area contributed by atoms with Crippen LogP contribution in [-0.2, 0) is 36.6 Å². The molecule has 7 nitrogen and oxygen atoms in total. The molecule has 0 bridgehead atoms. The third-order valence-corrected chi connectivity index (χ3v) is 11.6. The number of amides is 1. The lowest BCUT2D eigenvalue weighted by molar-refractivity contribution is -0.151. The summed E-state index contributed by atoms with van der Waals surface area (Å²) in [5.74, 6) is -0.403. The zero-order chi connectivity index (χ0) is 27.1. The highest BCUT2D eigenvalue weighted by Crippen LogP contribution is 2.37. The summed E-state index contributed by atoms with van der Waals surface area (Å²) in [7, 11) is -2.17. The van der Waals surface area contributed by atoms with Gasteiger partial charge in [0.05, 0.1) is 25.4 Å².